The zero-order valence-electron chi connectivity index (χ0n) is 15.2. The van der Waals surface area contributed by atoms with Crippen LogP contribution in [0.1, 0.15) is 37.1 Å². The summed E-state index contributed by atoms with van der Waals surface area (Å²) in [6.07, 6.45) is 5.64. The molecule has 4 heteroatoms. The van der Waals surface area contributed by atoms with Crippen molar-refractivity contribution in [1.82, 2.24) is 9.47 Å². The number of fused-ring (bicyclic) bond motifs is 4. The third-order valence-electron chi connectivity index (χ3n) is 6.44. The van der Waals surface area contributed by atoms with E-state index in [1.165, 1.54) is 22.2 Å². The number of benzene rings is 1. The highest BCUT2D eigenvalue weighted by Crippen LogP contribution is 2.46. The minimum Gasteiger partial charge on any atom is -0.356 e. The van der Waals surface area contributed by atoms with Crippen molar-refractivity contribution in [2.45, 2.75) is 44.6 Å². The number of para-hydroxylation sites is 1. The van der Waals surface area contributed by atoms with Gasteiger partial charge in [-0.2, -0.15) is 0 Å². The van der Waals surface area contributed by atoms with Gasteiger partial charge in [-0.25, -0.2) is 0 Å². The Bertz CT molecular complexity index is 853. The minimum absolute atomic E-state index is 0.0836. The predicted octanol–water partition coefficient (Wildman–Crippen LogP) is 3.81. The molecule has 2 aromatic rings. The Balaban J connectivity index is 1.73. The molecule has 4 heterocycles. The van der Waals surface area contributed by atoms with Crippen LogP contribution in [0.5, 0.6) is 0 Å². The van der Waals surface area contributed by atoms with E-state index in [4.69, 9.17) is 9.47 Å². The molecule has 5 rings (SSSR count). The lowest BCUT2D eigenvalue weighted by Gasteiger charge is -2.38. The molecule has 0 spiro atoms. The molecule has 132 valence electrons. The van der Waals surface area contributed by atoms with Crippen LogP contribution in [0.25, 0.3) is 17.1 Å². The Hall–Kier alpha value is -1.62. The van der Waals surface area contributed by atoms with E-state index in [-0.39, 0.29) is 12.4 Å². The van der Waals surface area contributed by atoms with Gasteiger partial charge in [-0.15, -0.1) is 0 Å². The summed E-state index contributed by atoms with van der Waals surface area (Å²) in [4.78, 5) is 2.54. The fraction of sp³-hybridized carbons (Fsp3) is 0.524. The first-order valence-electron chi connectivity index (χ1n) is 9.39. The first-order chi connectivity index (χ1) is 12.2. The van der Waals surface area contributed by atoms with Crippen molar-refractivity contribution in [2.24, 2.45) is 5.92 Å². The summed E-state index contributed by atoms with van der Waals surface area (Å²) in [7, 11) is 4.03. The molecule has 1 saturated heterocycles. The van der Waals surface area contributed by atoms with Gasteiger partial charge < -0.3 is 14.0 Å². The molecule has 0 saturated carbocycles. The third-order valence-corrected chi connectivity index (χ3v) is 6.44. The van der Waals surface area contributed by atoms with Crippen LogP contribution in [0.2, 0.25) is 0 Å². The Morgan fingerprint density at radius 1 is 1.20 bits per heavy atom. The molecule has 1 aromatic heterocycles. The molecule has 3 aliphatic rings. The predicted molar refractivity (Wildman–Crippen MR) is 99.4 cm³/mol. The van der Waals surface area contributed by atoms with Gasteiger partial charge in [-0.3, -0.25) is 4.90 Å². The van der Waals surface area contributed by atoms with Gasteiger partial charge in [0.15, 0.2) is 6.29 Å². The summed E-state index contributed by atoms with van der Waals surface area (Å²) in [5.41, 5.74) is 5.80. The van der Waals surface area contributed by atoms with Gasteiger partial charge in [-0.1, -0.05) is 18.2 Å². The van der Waals surface area contributed by atoms with Crippen molar-refractivity contribution in [3.05, 3.63) is 41.1 Å². The summed E-state index contributed by atoms with van der Waals surface area (Å²) in [5.74, 6) is 0.519. The smallest absolute Gasteiger partial charge is 0.158 e. The van der Waals surface area contributed by atoms with E-state index in [0.717, 1.165) is 25.8 Å². The van der Waals surface area contributed by atoms with Crippen LogP contribution in [0.15, 0.2) is 29.8 Å². The Morgan fingerprint density at radius 3 is 2.88 bits per heavy atom. The first-order valence-corrected chi connectivity index (χ1v) is 9.39. The van der Waals surface area contributed by atoms with Crippen LogP contribution >= 0.6 is 0 Å². The zero-order chi connectivity index (χ0) is 17.1. The van der Waals surface area contributed by atoms with Crippen molar-refractivity contribution >= 4 is 17.1 Å². The lowest BCUT2D eigenvalue weighted by Crippen LogP contribution is -2.37. The third kappa shape index (κ3) is 2.24. The number of nitrogens with zero attached hydrogens (tertiary/aromatic N) is 2. The van der Waals surface area contributed by atoms with E-state index in [1.807, 2.05) is 0 Å². The first kappa shape index (κ1) is 15.6. The number of methoxy groups -OCH3 is 1. The number of likely N-dealkylation sites (N-methyl/N-ethyl adjacent to an activating group) is 1. The molecule has 0 amide bonds. The van der Waals surface area contributed by atoms with Gasteiger partial charge in [-0.05, 0) is 49.9 Å². The summed E-state index contributed by atoms with van der Waals surface area (Å²) in [6, 6.07) is 9.33. The minimum atomic E-state index is -0.0836. The standard InChI is InChI=1S/C21H26N2O2/c1-13-17-12-23-18-7-5-4-6-15(18)16-8-9-22(2)19(21(16)23)10-14(17)11-20(24-3)25-13/h4-7,12-14,19-20H,8-11H2,1-3H3/t13-,14+,19+,20+/m1/s1. The van der Waals surface area contributed by atoms with E-state index >= 15 is 0 Å². The molecule has 0 unspecified atom stereocenters. The molecule has 0 N–H and O–H groups in total. The molecule has 0 radical (unpaired) electrons. The second-order valence-electron chi connectivity index (χ2n) is 7.74. The number of ether oxygens (including phenoxy) is 2. The monoisotopic (exact) mass is 338 g/mol. The number of hydrogen-bond acceptors (Lipinski definition) is 3. The molecule has 0 aliphatic carbocycles. The van der Waals surface area contributed by atoms with Crippen LogP contribution in [0, 0.1) is 5.92 Å². The van der Waals surface area contributed by atoms with Gasteiger partial charge >= 0.3 is 0 Å². The van der Waals surface area contributed by atoms with Gasteiger partial charge in [0, 0.05) is 37.4 Å². The molecular weight excluding hydrogens is 312 g/mol. The SMILES string of the molecule is CO[C@@H]1C[C@@H]2C[C@H]3c4c(c5ccccc5n4C=C2[C@@H](C)O1)CCN3C. The number of rotatable bonds is 1. The Kier molecular flexibility index (Phi) is 3.56. The fourth-order valence-corrected chi connectivity index (χ4v) is 5.13. The molecule has 0 bridgehead atoms. The van der Waals surface area contributed by atoms with Gasteiger partial charge in [0.25, 0.3) is 0 Å². The van der Waals surface area contributed by atoms with Crippen molar-refractivity contribution < 1.29 is 9.47 Å². The average Bonchev–Trinajstić information content (AvgIpc) is 2.81. The molecule has 1 fully saturated rings. The van der Waals surface area contributed by atoms with Crippen LogP contribution in [-0.2, 0) is 15.9 Å². The zero-order valence-corrected chi connectivity index (χ0v) is 15.2. The Labute approximate surface area is 149 Å². The topological polar surface area (TPSA) is 26.6 Å². The second-order valence-corrected chi connectivity index (χ2v) is 7.74. The fourth-order valence-electron chi connectivity index (χ4n) is 5.13. The molecular formula is C21H26N2O2. The van der Waals surface area contributed by atoms with Crippen LogP contribution in [0.3, 0.4) is 0 Å². The van der Waals surface area contributed by atoms with Gasteiger partial charge in [0.1, 0.15) is 0 Å². The summed E-state index contributed by atoms with van der Waals surface area (Å²) < 4.78 is 14.1. The van der Waals surface area contributed by atoms with Gasteiger partial charge in [0.05, 0.1) is 17.7 Å². The van der Waals surface area contributed by atoms with E-state index < -0.39 is 0 Å². The maximum absolute atomic E-state index is 6.09. The molecule has 3 aliphatic heterocycles. The molecule has 4 nitrogen and oxygen atoms in total. The molecule has 1 aromatic carbocycles. The average molecular weight is 338 g/mol. The highest BCUT2D eigenvalue weighted by Gasteiger charge is 2.40. The van der Waals surface area contributed by atoms with E-state index in [0.29, 0.717) is 12.0 Å². The van der Waals surface area contributed by atoms with Crippen molar-refractivity contribution in [3.8, 4) is 0 Å². The maximum atomic E-state index is 6.09. The van der Waals surface area contributed by atoms with Crippen molar-refractivity contribution in [2.75, 3.05) is 20.7 Å². The van der Waals surface area contributed by atoms with Crippen LogP contribution in [-0.4, -0.2) is 42.6 Å². The highest BCUT2D eigenvalue weighted by molar-refractivity contribution is 5.88. The normalized spacial score (nSPS) is 32.0. The number of aromatic nitrogens is 1. The molecule has 25 heavy (non-hydrogen) atoms. The summed E-state index contributed by atoms with van der Waals surface area (Å²) >= 11 is 0. The number of hydrogen-bond donors (Lipinski definition) is 0. The van der Waals surface area contributed by atoms with E-state index in [1.54, 1.807) is 12.7 Å². The summed E-state index contributed by atoms with van der Waals surface area (Å²) in [6.45, 7) is 3.30. The molecule has 4 atom stereocenters. The van der Waals surface area contributed by atoms with Crippen LogP contribution < -0.4 is 0 Å². The largest absolute Gasteiger partial charge is 0.356 e. The maximum Gasteiger partial charge on any atom is 0.158 e. The lowest BCUT2D eigenvalue weighted by atomic mass is 9.83. The lowest BCUT2D eigenvalue weighted by molar-refractivity contribution is -0.169. The summed E-state index contributed by atoms with van der Waals surface area (Å²) in [5, 5.41) is 1.42. The van der Waals surface area contributed by atoms with E-state index in [2.05, 4.69) is 53.9 Å². The van der Waals surface area contributed by atoms with Gasteiger partial charge in [0.2, 0.25) is 0 Å². The quantitative estimate of drug-likeness (QED) is 0.791. The van der Waals surface area contributed by atoms with Crippen molar-refractivity contribution in [1.29, 1.82) is 0 Å². The van der Waals surface area contributed by atoms with Crippen LogP contribution in [0.4, 0.5) is 0 Å². The second kappa shape index (κ2) is 5.70. The van der Waals surface area contributed by atoms with E-state index in [9.17, 15) is 0 Å². The highest BCUT2D eigenvalue weighted by atomic mass is 16.7. The Morgan fingerprint density at radius 2 is 2.04 bits per heavy atom. The van der Waals surface area contributed by atoms with Crippen molar-refractivity contribution in [3.63, 3.8) is 0 Å².